The molecule has 3 nitrogen and oxygen atoms in total. The van der Waals surface area contributed by atoms with Crippen molar-refractivity contribution in [3.8, 4) is 0 Å². The van der Waals surface area contributed by atoms with E-state index in [2.05, 4.69) is 5.10 Å². The molecule has 0 saturated carbocycles. The maximum absolute atomic E-state index is 12.0. The van der Waals surface area contributed by atoms with E-state index in [1.807, 2.05) is 0 Å². The van der Waals surface area contributed by atoms with Gasteiger partial charge in [-0.3, -0.25) is 4.79 Å². The highest BCUT2D eigenvalue weighted by molar-refractivity contribution is 6.68. The molecule has 78 valence electrons. The van der Waals surface area contributed by atoms with Crippen molar-refractivity contribution in [3.05, 3.63) is 18.0 Å². The number of alkyl halides is 4. The molecule has 1 aromatic rings. The van der Waals surface area contributed by atoms with Crippen LogP contribution in [0.25, 0.3) is 0 Å². The average molecular weight is 247 g/mol. The zero-order chi connectivity index (χ0) is 10.9. The molecule has 1 heterocycles. The second-order valence-corrected chi connectivity index (χ2v) is 3.10. The molecule has 0 bridgehead atoms. The maximum Gasteiger partial charge on any atom is 0.435 e. The Labute approximate surface area is 86.4 Å². The summed E-state index contributed by atoms with van der Waals surface area (Å²) in [4.78, 5) is 10.5. The Kier molecular flexibility index (Phi) is 3.06. The first kappa shape index (κ1) is 11.3. The van der Waals surface area contributed by atoms with Crippen molar-refractivity contribution >= 4 is 28.4 Å². The van der Waals surface area contributed by atoms with Crippen molar-refractivity contribution in [2.24, 2.45) is 0 Å². The van der Waals surface area contributed by atoms with Crippen molar-refractivity contribution in [1.29, 1.82) is 0 Å². The Morgan fingerprint density at radius 3 is 2.50 bits per heavy atom. The Bertz CT molecular complexity index is 349. The molecule has 0 aliphatic heterocycles. The molecular formula is C6H3Cl2F3N2O. The molecule has 8 heteroatoms. The lowest BCUT2D eigenvalue weighted by Gasteiger charge is -2.04. The quantitative estimate of drug-likeness (QED) is 0.594. The lowest BCUT2D eigenvalue weighted by atomic mass is 10.4. The van der Waals surface area contributed by atoms with Crippen LogP contribution in [0.15, 0.2) is 12.3 Å². The van der Waals surface area contributed by atoms with Crippen molar-refractivity contribution in [1.82, 2.24) is 9.78 Å². The van der Waals surface area contributed by atoms with E-state index in [0.29, 0.717) is 10.7 Å². The normalized spacial score (nSPS) is 14.1. The molecule has 14 heavy (non-hydrogen) atoms. The van der Waals surface area contributed by atoms with Gasteiger partial charge in [-0.1, -0.05) is 11.6 Å². The number of rotatable bonds is 2. The molecule has 1 atom stereocenters. The van der Waals surface area contributed by atoms with Gasteiger partial charge in [0.15, 0.2) is 11.2 Å². The number of carbonyl (C=O) groups is 1. The second kappa shape index (κ2) is 3.78. The Hall–Kier alpha value is -0.750. The first-order chi connectivity index (χ1) is 6.32. The van der Waals surface area contributed by atoms with Crippen LogP contribution in [0.2, 0.25) is 0 Å². The molecule has 1 unspecified atom stereocenters. The molecule has 0 aromatic carbocycles. The molecule has 0 amide bonds. The SMILES string of the molecule is O=C(Cl)C(Cl)n1ccc(C(F)(F)F)n1. The van der Waals surface area contributed by atoms with Gasteiger partial charge < -0.3 is 0 Å². The summed E-state index contributed by atoms with van der Waals surface area (Å²) in [6, 6.07) is 0.704. The monoisotopic (exact) mass is 246 g/mol. The van der Waals surface area contributed by atoms with E-state index >= 15 is 0 Å². The first-order valence-electron chi connectivity index (χ1n) is 3.28. The topological polar surface area (TPSA) is 34.9 Å². The number of aromatic nitrogens is 2. The number of halogens is 5. The minimum absolute atomic E-state index is 0.639. The summed E-state index contributed by atoms with van der Waals surface area (Å²) in [5, 5.41) is 2.06. The lowest BCUT2D eigenvalue weighted by molar-refractivity contribution is -0.141. The third kappa shape index (κ3) is 2.39. The van der Waals surface area contributed by atoms with Crippen molar-refractivity contribution in [2.75, 3.05) is 0 Å². The highest BCUT2D eigenvalue weighted by Crippen LogP contribution is 2.28. The van der Waals surface area contributed by atoms with Gasteiger partial charge in [-0.15, -0.1) is 0 Å². The molecule has 0 saturated heterocycles. The van der Waals surface area contributed by atoms with Crippen LogP contribution in [0.3, 0.4) is 0 Å². The minimum atomic E-state index is -4.56. The predicted molar refractivity (Wildman–Crippen MR) is 43.0 cm³/mol. The minimum Gasteiger partial charge on any atom is -0.277 e. The Balaban J connectivity index is 2.94. The third-order valence-electron chi connectivity index (χ3n) is 1.32. The van der Waals surface area contributed by atoms with E-state index in [1.54, 1.807) is 0 Å². The maximum atomic E-state index is 12.0. The molecule has 1 rings (SSSR count). The van der Waals surface area contributed by atoms with E-state index in [-0.39, 0.29) is 0 Å². The van der Waals surface area contributed by atoms with Gasteiger partial charge in [-0.2, -0.15) is 18.3 Å². The molecule has 0 N–H and O–H groups in total. The first-order valence-corrected chi connectivity index (χ1v) is 4.09. The zero-order valence-corrected chi connectivity index (χ0v) is 7.94. The van der Waals surface area contributed by atoms with Gasteiger partial charge in [0.2, 0.25) is 0 Å². The zero-order valence-electron chi connectivity index (χ0n) is 6.42. The fraction of sp³-hybridized carbons (Fsp3) is 0.333. The van der Waals surface area contributed by atoms with Crippen LogP contribution in [0, 0.1) is 0 Å². The van der Waals surface area contributed by atoms with Gasteiger partial charge >= 0.3 is 6.18 Å². The van der Waals surface area contributed by atoms with Gasteiger partial charge in [0.1, 0.15) is 0 Å². The summed E-state index contributed by atoms with van der Waals surface area (Å²) in [6.45, 7) is 0. The summed E-state index contributed by atoms with van der Waals surface area (Å²) in [5.74, 6) is 0. The predicted octanol–water partition coefficient (Wildman–Crippen LogP) is 2.40. The van der Waals surface area contributed by atoms with Gasteiger partial charge in [0.25, 0.3) is 5.24 Å². The molecule has 0 fully saturated rings. The van der Waals surface area contributed by atoms with Crippen LogP contribution in [-0.4, -0.2) is 15.0 Å². The summed E-state index contributed by atoms with van der Waals surface area (Å²) in [5.41, 5.74) is -2.55. The number of carbonyl (C=O) groups excluding carboxylic acids is 1. The van der Waals surface area contributed by atoms with Gasteiger partial charge in [-0.05, 0) is 17.7 Å². The average Bonchev–Trinajstić information content (AvgIpc) is 2.49. The van der Waals surface area contributed by atoms with E-state index in [4.69, 9.17) is 23.2 Å². The summed E-state index contributed by atoms with van der Waals surface area (Å²) in [6.07, 6.45) is -3.63. The number of hydrogen-bond acceptors (Lipinski definition) is 2. The van der Waals surface area contributed by atoms with E-state index in [0.717, 1.165) is 6.20 Å². The standard InChI is InChI=1S/C6H3Cl2F3N2O/c7-4(5(8)14)13-2-1-3(12-13)6(9,10)11/h1-2,4H. The molecule has 0 aliphatic rings. The van der Waals surface area contributed by atoms with Crippen molar-refractivity contribution in [2.45, 2.75) is 11.7 Å². The molecular weight excluding hydrogens is 244 g/mol. The smallest absolute Gasteiger partial charge is 0.277 e. The highest BCUT2D eigenvalue weighted by Gasteiger charge is 2.34. The van der Waals surface area contributed by atoms with Crippen molar-refractivity contribution in [3.63, 3.8) is 0 Å². The Morgan fingerprint density at radius 1 is 1.57 bits per heavy atom. The highest BCUT2D eigenvalue weighted by atomic mass is 35.5. The fourth-order valence-electron chi connectivity index (χ4n) is 0.719. The van der Waals surface area contributed by atoms with E-state index < -0.39 is 22.6 Å². The molecule has 1 aromatic heterocycles. The number of hydrogen-bond donors (Lipinski definition) is 0. The van der Waals surface area contributed by atoms with Gasteiger partial charge in [0, 0.05) is 6.20 Å². The van der Waals surface area contributed by atoms with Crippen LogP contribution >= 0.6 is 23.2 Å². The largest absolute Gasteiger partial charge is 0.435 e. The molecule has 0 spiro atoms. The summed E-state index contributed by atoms with van der Waals surface area (Å²) >= 11 is 10.3. The van der Waals surface area contributed by atoms with Crippen LogP contribution in [0.4, 0.5) is 13.2 Å². The van der Waals surface area contributed by atoms with E-state index in [1.165, 1.54) is 0 Å². The lowest BCUT2D eigenvalue weighted by Crippen LogP contribution is -2.12. The van der Waals surface area contributed by atoms with Crippen molar-refractivity contribution < 1.29 is 18.0 Å². The second-order valence-electron chi connectivity index (χ2n) is 2.32. The molecule has 0 radical (unpaired) electrons. The van der Waals surface area contributed by atoms with Crippen LogP contribution in [-0.2, 0) is 11.0 Å². The fourth-order valence-corrected chi connectivity index (χ4v) is 0.928. The van der Waals surface area contributed by atoms with Crippen LogP contribution in [0.5, 0.6) is 0 Å². The summed E-state index contributed by atoms with van der Waals surface area (Å²) in [7, 11) is 0. The van der Waals surface area contributed by atoms with Crippen LogP contribution in [0.1, 0.15) is 11.2 Å². The van der Waals surface area contributed by atoms with Gasteiger partial charge in [0.05, 0.1) is 0 Å². The molecule has 0 aliphatic carbocycles. The number of nitrogens with zero attached hydrogens (tertiary/aromatic N) is 2. The van der Waals surface area contributed by atoms with Gasteiger partial charge in [-0.25, -0.2) is 4.68 Å². The third-order valence-corrected chi connectivity index (χ3v) is 2.03. The summed E-state index contributed by atoms with van der Waals surface area (Å²) < 4.78 is 36.7. The van der Waals surface area contributed by atoms with Crippen LogP contribution < -0.4 is 0 Å². The Morgan fingerprint density at radius 2 is 2.14 bits per heavy atom. The van der Waals surface area contributed by atoms with E-state index in [9.17, 15) is 18.0 Å².